The van der Waals surface area contributed by atoms with E-state index in [0.29, 0.717) is 16.6 Å². The van der Waals surface area contributed by atoms with E-state index in [1.807, 2.05) is 30.3 Å². The molecule has 3 nitrogen and oxygen atoms in total. The lowest BCUT2D eigenvalue weighted by atomic mass is 10.2. The van der Waals surface area contributed by atoms with Crippen LogP contribution in [-0.2, 0) is 6.54 Å². The second kappa shape index (κ2) is 5.11. The summed E-state index contributed by atoms with van der Waals surface area (Å²) in [6.45, 7) is 0.670. The maximum atomic E-state index is 5.97. The molecule has 1 heterocycles. The van der Waals surface area contributed by atoms with E-state index < -0.39 is 0 Å². The van der Waals surface area contributed by atoms with Crippen LogP contribution in [0, 0.1) is 0 Å². The SMILES string of the molecule is Clc1cc(Cl)cc(CNc2ccc3[nH]ncc3c2)c1. The Balaban J connectivity index is 1.77. The Morgan fingerprint density at radius 1 is 1.05 bits per heavy atom. The van der Waals surface area contributed by atoms with Gasteiger partial charge in [-0.1, -0.05) is 23.2 Å². The summed E-state index contributed by atoms with van der Waals surface area (Å²) in [5.41, 5.74) is 3.10. The van der Waals surface area contributed by atoms with Gasteiger partial charge in [-0.05, 0) is 42.0 Å². The van der Waals surface area contributed by atoms with Crippen LogP contribution < -0.4 is 5.32 Å². The molecule has 0 aliphatic carbocycles. The summed E-state index contributed by atoms with van der Waals surface area (Å²) in [6.07, 6.45) is 1.80. The lowest BCUT2D eigenvalue weighted by molar-refractivity contribution is 1.12. The molecule has 0 radical (unpaired) electrons. The van der Waals surface area contributed by atoms with Crippen molar-refractivity contribution in [3.8, 4) is 0 Å². The molecule has 0 atom stereocenters. The number of aromatic amines is 1. The van der Waals surface area contributed by atoms with Crippen molar-refractivity contribution in [1.82, 2.24) is 10.2 Å². The predicted octanol–water partition coefficient (Wildman–Crippen LogP) is 4.48. The molecular weight excluding hydrogens is 281 g/mol. The Bertz CT molecular complexity index is 701. The highest BCUT2D eigenvalue weighted by Gasteiger charge is 2.00. The summed E-state index contributed by atoms with van der Waals surface area (Å²) in [6, 6.07) is 11.6. The largest absolute Gasteiger partial charge is 0.381 e. The number of aromatic nitrogens is 2. The van der Waals surface area contributed by atoms with Gasteiger partial charge in [-0.15, -0.1) is 0 Å². The van der Waals surface area contributed by atoms with Crippen LogP contribution in [-0.4, -0.2) is 10.2 Å². The van der Waals surface area contributed by atoms with Gasteiger partial charge >= 0.3 is 0 Å². The summed E-state index contributed by atoms with van der Waals surface area (Å²) in [4.78, 5) is 0. The van der Waals surface area contributed by atoms with Crippen molar-refractivity contribution in [2.45, 2.75) is 6.54 Å². The minimum atomic E-state index is 0.648. The van der Waals surface area contributed by atoms with E-state index in [0.717, 1.165) is 22.2 Å². The fourth-order valence-electron chi connectivity index (χ4n) is 1.97. The van der Waals surface area contributed by atoms with Gasteiger partial charge < -0.3 is 5.32 Å². The number of nitrogens with zero attached hydrogens (tertiary/aromatic N) is 1. The lowest BCUT2D eigenvalue weighted by Crippen LogP contribution is -1.99. The fraction of sp³-hybridized carbons (Fsp3) is 0.0714. The Kier molecular flexibility index (Phi) is 3.32. The van der Waals surface area contributed by atoms with E-state index in [2.05, 4.69) is 15.5 Å². The molecule has 96 valence electrons. The van der Waals surface area contributed by atoms with E-state index in [1.54, 1.807) is 12.3 Å². The van der Waals surface area contributed by atoms with E-state index in [9.17, 15) is 0 Å². The molecule has 0 spiro atoms. The molecule has 19 heavy (non-hydrogen) atoms. The van der Waals surface area contributed by atoms with Crippen molar-refractivity contribution in [2.75, 3.05) is 5.32 Å². The van der Waals surface area contributed by atoms with Crippen molar-refractivity contribution < 1.29 is 0 Å². The smallest absolute Gasteiger partial charge is 0.0651 e. The number of H-pyrrole nitrogens is 1. The minimum Gasteiger partial charge on any atom is -0.381 e. The number of hydrogen-bond donors (Lipinski definition) is 2. The number of rotatable bonds is 3. The van der Waals surface area contributed by atoms with Crippen molar-refractivity contribution in [1.29, 1.82) is 0 Å². The highest BCUT2D eigenvalue weighted by molar-refractivity contribution is 6.34. The summed E-state index contributed by atoms with van der Waals surface area (Å²) in [7, 11) is 0. The zero-order valence-corrected chi connectivity index (χ0v) is 11.5. The topological polar surface area (TPSA) is 40.7 Å². The molecule has 3 rings (SSSR count). The molecule has 0 unspecified atom stereocenters. The highest BCUT2D eigenvalue weighted by atomic mass is 35.5. The molecule has 2 aromatic carbocycles. The number of anilines is 1. The molecule has 0 saturated carbocycles. The van der Waals surface area contributed by atoms with Crippen LogP contribution in [0.4, 0.5) is 5.69 Å². The van der Waals surface area contributed by atoms with E-state index >= 15 is 0 Å². The first-order valence-electron chi connectivity index (χ1n) is 5.83. The molecule has 3 aromatic rings. The van der Waals surface area contributed by atoms with E-state index in [1.165, 1.54) is 0 Å². The van der Waals surface area contributed by atoms with E-state index in [4.69, 9.17) is 23.2 Å². The summed E-state index contributed by atoms with van der Waals surface area (Å²) in [5, 5.41) is 12.6. The van der Waals surface area contributed by atoms with Gasteiger partial charge in [-0.25, -0.2) is 0 Å². The van der Waals surface area contributed by atoms with Gasteiger partial charge in [0.2, 0.25) is 0 Å². The maximum absolute atomic E-state index is 5.97. The standard InChI is InChI=1S/C14H11Cl2N3/c15-11-3-9(4-12(16)6-11)7-17-13-1-2-14-10(5-13)8-18-19-14/h1-6,8,17H,7H2,(H,18,19). The second-order valence-electron chi connectivity index (χ2n) is 4.30. The third kappa shape index (κ3) is 2.83. The second-order valence-corrected chi connectivity index (χ2v) is 5.18. The van der Waals surface area contributed by atoms with Gasteiger partial charge in [0.15, 0.2) is 0 Å². The molecule has 0 aliphatic heterocycles. The Morgan fingerprint density at radius 3 is 2.63 bits per heavy atom. The average Bonchev–Trinajstić information content (AvgIpc) is 2.82. The van der Waals surface area contributed by atoms with Crippen LogP contribution in [0.3, 0.4) is 0 Å². The third-order valence-electron chi connectivity index (χ3n) is 2.86. The molecule has 0 fully saturated rings. The average molecular weight is 292 g/mol. The molecule has 0 amide bonds. The van der Waals surface area contributed by atoms with Crippen molar-refractivity contribution in [3.05, 3.63) is 58.2 Å². The summed E-state index contributed by atoms with van der Waals surface area (Å²) >= 11 is 11.9. The van der Waals surface area contributed by atoms with Crippen molar-refractivity contribution in [2.24, 2.45) is 0 Å². The van der Waals surface area contributed by atoms with Gasteiger partial charge in [0.1, 0.15) is 0 Å². The van der Waals surface area contributed by atoms with Crippen LogP contribution >= 0.6 is 23.2 Å². The molecule has 2 N–H and O–H groups in total. The van der Waals surface area contributed by atoms with Crippen LogP contribution in [0.2, 0.25) is 10.0 Å². The van der Waals surface area contributed by atoms with Gasteiger partial charge in [-0.3, -0.25) is 5.10 Å². The van der Waals surface area contributed by atoms with Crippen molar-refractivity contribution >= 4 is 39.8 Å². The number of hydrogen-bond acceptors (Lipinski definition) is 2. The highest BCUT2D eigenvalue weighted by Crippen LogP contribution is 2.21. The van der Waals surface area contributed by atoms with Gasteiger partial charge in [0.05, 0.1) is 11.7 Å². The molecule has 5 heteroatoms. The van der Waals surface area contributed by atoms with Gasteiger partial charge in [0.25, 0.3) is 0 Å². The fourth-order valence-corrected chi connectivity index (χ4v) is 2.54. The minimum absolute atomic E-state index is 0.648. The zero-order valence-electron chi connectivity index (χ0n) is 9.95. The molecular formula is C14H11Cl2N3. The maximum Gasteiger partial charge on any atom is 0.0651 e. The Labute approximate surface area is 120 Å². The normalized spacial score (nSPS) is 10.8. The van der Waals surface area contributed by atoms with Crippen LogP contribution in [0.1, 0.15) is 5.56 Å². The summed E-state index contributed by atoms with van der Waals surface area (Å²) < 4.78 is 0. The number of nitrogens with one attached hydrogen (secondary N) is 2. The lowest BCUT2D eigenvalue weighted by Gasteiger charge is -2.07. The van der Waals surface area contributed by atoms with Gasteiger partial charge in [0, 0.05) is 27.7 Å². The first-order chi connectivity index (χ1) is 9.20. The van der Waals surface area contributed by atoms with Crippen LogP contribution in [0.5, 0.6) is 0 Å². The van der Waals surface area contributed by atoms with E-state index in [-0.39, 0.29) is 0 Å². The third-order valence-corrected chi connectivity index (χ3v) is 3.30. The van der Waals surface area contributed by atoms with Crippen LogP contribution in [0.15, 0.2) is 42.6 Å². The van der Waals surface area contributed by atoms with Crippen LogP contribution in [0.25, 0.3) is 10.9 Å². The molecule has 0 saturated heterocycles. The Morgan fingerprint density at radius 2 is 1.84 bits per heavy atom. The molecule has 1 aromatic heterocycles. The summed E-state index contributed by atoms with van der Waals surface area (Å²) in [5.74, 6) is 0. The number of fused-ring (bicyclic) bond motifs is 1. The molecule has 0 aliphatic rings. The quantitative estimate of drug-likeness (QED) is 0.747. The first kappa shape index (κ1) is 12.3. The Hall–Kier alpha value is -1.71. The molecule has 0 bridgehead atoms. The predicted molar refractivity (Wildman–Crippen MR) is 79.9 cm³/mol. The first-order valence-corrected chi connectivity index (χ1v) is 6.58. The number of halogens is 2. The monoisotopic (exact) mass is 291 g/mol. The number of benzene rings is 2. The van der Waals surface area contributed by atoms with Gasteiger partial charge in [-0.2, -0.15) is 5.10 Å². The zero-order chi connectivity index (χ0) is 13.2. The van der Waals surface area contributed by atoms with Crippen molar-refractivity contribution in [3.63, 3.8) is 0 Å².